The van der Waals surface area contributed by atoms with Gasteiger partial charge in [-0.05, 0) is 303 Å². The molecule has 0 radical (unpaired) electrons. The van der Waals surface area contributed by atoms with E-state index in [4.69, 9.17) is 9.47 Å². The van der Waals surface area contributed by atoms with Gasteiger partial charge in [0.05, 0.1) is 11.6 Å². The lowest BCUT2D eigenvalue weighted by molar-refractivity contribution is -0.0885. The summed E-state index contributed by atoms with van der Waals surface area (Å²) in [6.07, 6.45) is -0.637. The van der Waals surface area contributed by atoms with Gasteiger partial charge in [-0.1, -0.05) is 12.1 Å². The average Bonchev–Trinajstić information content (AvgIpc) is 4.30. The Bertz CT molecular complexity index is 6920. The fraction of sp³-hybridized carbons (Fsp3) is 0.0441. The van der Waals surface area contributed by atoms with Gasteiger partial charge in [-0.2, -0.15) is 5.26 Å². The highest BCUT2D eigenvalue weighted by molar-refractivity contribution is 6.82. The Kier molecular flexibility index (Phi) is 2.18. The molecule has 0 amide bonds. The van der Waals surface area contributed by atoms with E-state index in [0.717, 1.165) is 5.56 Å². The van der Waals surface area contributed by atoms with Crippen LogP contribution >= 0.6 is 0 Å². The van der Waals surface area contributed by atoms with Crippen LogP contribution in [0.1, 0.15) is 39.7 Å². The molecule has 1 saturated heterocycles. The second-order valence-corrected chi connectivity index (χ2v) is 25.4. The molecular formula is C68H5NO2. The maximum atomic E-state index is 10.1. The first-order valence-electron chi connectivity index (χ1n) is 26.0. The molecule has 294 valence electrons. The number of nitrogens with zero attached hydrogens (tertiary/aromatic N) is 1. The summed E-state index contributed by atoms with van der Waals surface area (Å²) in [6, 6.07) is 10.6. The number of hydrogen-bond donors (Lipinski definition) is 0. The van der Waals surface area contributed by atoms with E-state index >= 15 is 0 Å². The van der Waals surface area contributed by atoms with Crippen molar-refractivity contribution in [1.29, 1.82) is 5.26 Å². The number of rotatable bonds is 1. The van der Waals surface area contributed by atoms with Crippen LogP contribution in [0.25, 0.3) is 291 Å². The zero-order valence-electron chi connectivity index (χ0n) is 35.7. The molecule has 29 aromatic rings. The van der Waals surface area contributed by atoms with Crippen LogP contribution < -0.4 is 0 Å². The molecule has 2 spiro atoms. The standard InChI is InChI=1S/C68H5NO2/c69-5-6-1-3-7(4-2-6)66-70-67-62-54-46-36-26-18-10-8-9-12-16-14(10)22-30-24(16)34-28-20(12)21-13(9)17-15-11(8)19(18)27-33-23(15)31-25(17)35-29(21)39-38(28)48-42(34)52-44(30)50(40(46)32(22)26)58(62)60(52)64-56(48)57-49(39)43(35)53-45(31)51-41(33)47(37(27)36)55(54)63(67)59(51)61(53)65(57)68(64,67)71-66/h1-4,66H. The highest BCUT2D eigenvalue weighted by atomic mass is 16.8. The summed E-state index contributed by atoms with van der Waals surface area (Å²) in [5.41, 5.74) is 5.56. The van der Waals surface area contributed by atoms with E-state index in [1.54, 1.807) is 205 Å². The Morgan fingerprint density at radius 3 is 0.549 bits per heavy atom. The summed E-state index contributed by atoms with van der Waals surface area (Å²) in [5, 5.41) is 94.8. The minimum absolute atomic E-state index is 0.637. The minimum Gasteiger partial charge on any atom is -0.328 e. The number of hydrogen-bond acceptors (Lipinski definition) is 3. The smallest absolute Gasteiger partial charge is 0.187 e. The van der Waals surface area contributed by atoms with Crippen molar-refractivity contribution in [2.45, 2.75) is 17.5 Å². The monoisotopic (exact) mass is 867 g/mol. The minimum atomic E-state index is -0.920. The van der Waals surface area contributed by atoms with Crippen molar-refractivity contribution < 1.29 is 9.47 Å². The molecule has 29 aromatic carbocycles. The molecule has 3 nitrogen and oxygen atoms in total. The van der Waals surface area contributed by atoms with Crippen molar-refractivity contribution in [3.8, 4) is 6.07 Å². The molecule has 0 saturated carbocycles. The van der Waals surface area contributed by atoms with Gasteiger partial charge in [0.1, 0.15) is 0 Å². The summed E-state index contributed by atoms with van der Waals surface area (Å²) in [7, 11) is 0. The lowest BCUT2D eigenvalue weighted by atomic mass is 9.61. The van der Waals surface area contributed by atoms with Gasteiger partial charge in [-0.25, -0.2) is 0 Å². The van der Waals surface area contributed by atoms with Gasteiger partial charge in [0.15, 0.2) is 17.5 Å². The SMILES string of the molecule is N#Cc1ccc(C2OC34c5c6c7c8c9c%10c(c%11c%12c3c3c5c5c%13c6c6c7c7c9c9c%14c%10c%10c%11c%11c%12c%12c3c3c5c5c%13c%13c6c6c7c9c7c9c%14c%10c%10c%11c%11c%12c3c3c5c5c%13c6c7c6c9c%10c%11c3c56)C84O2)cc1. The molecule has 1 heterocycles. The van der Waals surface area contributed by atoms with Gasteiger partial charge in [-0.15, -0.1) is 0 Å². The van der Waals surface area contributed by atoms with Crippen molar-refractivity contribution in [1.82, 2.24) is 0 Å². The zero-order chi connectivity index (χ0) is 42.2. The molecule has 0 bridgehead atoms. The van der Waals surface area contributed by atoms with E-state index in [2.05, 4.69) is 18.2 Å². The summed E-state index contributed by atoms with van der Waals surface area (Å²) in [5.74, 6) is 0. The Balaban J connectivity index is 1.13. The van der Waals surface area contributed by atoms with Crippen molar-refractivity contribution in [2.24, 2.45) is 0 Å². The summed E-state index contributed by atoms with van der Waals surface area (Å²) in [6.45, 7) is 0. The molecular weight excluding hydrogens is 863 g/mol. The molecule has 5 aliphatic rings. The third-order valence-corrected chi connectivity index (χ3v) is 25.0. The van der Waals surface area contributed by atoms with Gasteiger partial charge in [0, 0.05) is 27.8 Å². The molecule has 3 heteroatoms. The van der Waals surface area contributed by atoms with E-state index in [1.807, 2.05) is 12.1 Å². The maximum absolute atomic E-state index is 10.1. The first-order valence-corrected chi connectivity index (χ1v) is 26.0. The van der Waals surface area contributed by atoms with Crippen LogP contribution in [0.4, 0.5) is 0 Å². The molecule has 1 fully saturated rings. The third kappa shape index (κ3) is 1.40. The molecule has 34 rings (SSSR count). The number of benzene rings is 19. The van der Waals surface area contributed by atoms with E-state index in [9.17, 15) is 5.26 Å². The maximum Gasteiger partial charge on any atom is 0.187 e. The van der Waals surface area contributed by atoms with Crippen LogP contribution in [-0.4, -0.2) is 0 Å². The van der Waals surface area contributed by atoms with Crippen LogP contribution in [0.3, 0.4) is 0 Å². The van der Waals surface area contributed by atoms with Crippen molar-refractivity contribution in [3.05, 3.63) is 57.6 Å². The van der Waals surface area contributed by atoms with Gasteiger partial charge in [0.25, 0.3) is 0 Å². The van der Waals surface area contributed by atoms with E-state index in [1.165, 1.54) is 108 Å². The van der Waals surface area contributed by atoms with Gasteiger partial charge in [-0.3, -0.25) is 0 Å². The van der Waals surface area contributed by atoms with Crippen LogP contribution in [0.2, 0.25) is 0 Å². The zero-order valence-corrected chi connectivity index (χ0v) is 35.7. The molecule has 4 aliphatic carbocycles. The van der Waals surface area contributed by atoms with Crippen LogP contribution in [0.15, 0.2) is 24.3 Å². The predicted molar refractivity (Wildman–Crippen MR) is 290 cm³/mol. The Hall–Kier alpha value is -8.91. The van der Waals surface area contributed by atoms with Gasteiger partial charge in [0.2, 0.25) is 0 Å². The van der Waals surface area contributed by atoms with E-state index in [0.29, 0.717) is 5.56 Å². The van der Waals surface area contributed by atoms with Crippen molar-refractivity contribution >= 4 is 291 Å². The second-order valence-electron chi connectivity index (χ2n) is 25.4. The largest absolute Gasteiger partial charge is 0.328 e. The van der Waals surface area contributed by atoms with Crippen LogP contribution in [-0.2, 0) is 20.7 Å². The third-order valence-electron chi connectivity index (χ3n) is 25.0. The number of ether oxygens (including phenoxy) is 2. The Morgan fingerprint density at radius 2 is 0.394 bits per heavy atom. The molecule has 0 N–H and O–H groups in total. The first-order chi connectivity index (χ1) is 35.3. The predicted octanol–water partition coefficient (Wildman–Crippen LogP) is 17.8. The summed E-state index contributed by atoms with van der Waals surface area (Å²) < 4.78 is 17.0. The summed E-state index contributed by atoms with van der Waals surface area (Å²) >= 11 is 0. The van der Waals surface area contributed by atoms with Crippen LogP contribution in [0.5, 0.6) is 0 Å². The molecule has 0 atom stereocenters. The van der Waals surface area contributed by atoms with Crippen molar-refractivity contribution in [3.63, 3.8) is 0 Å². The van der Waals surface area contributed by atoms with Crippen LogP contribution in [0, 0.1) is 11.3 Å². The van der Waals surface area contributed by atoms with E-state index in [-0.39, 0.29) is 0 Å². The highest BCUT2D eigenvalue weighted by Crippen LogP contribution is 2.86. The van der Waals surface area contributed by atoms with Crippen molar-refractivity contribution in [2.75, 3.05) is 0 Å². The normalized spacial score (nSPS) is 23.3. The molecule has 0 aromatic heterocycles. The van der Waals surface area contributed by atoms with Gasteiger partial charge < -0.3 is 9.47 Å². The second kappa shape index (κ2) is 5.92. The fourth-order valence-electron chi connectivity index (χ4n) is 24.7. The fourth-order valence-corrected chi connectivity index (χ4v) is 24.7. The Morgan fingerprint density at radius 1 is 0.239 bits per heavy atom. The lowest BCUT2D eigenvalue weighted by Crippen LogP contribution is -2.49. The molecule has 71 heavy (non-hydrogen) atoms. The Labute approximate surface area is 384 Å². The highest BCUT2D eigenvalue weighted by Gasteiger charge is 2.76. The van der Waals surface area contributed by atoms with E-state index < -0.39 is 17.5 Å². The average molecular weight is 868 g/mol. The first kappa shape index (κ1) is 26.2. The quantitative estimate of drug-likeness (QED) is 0.154. The topological polar surface area (TPSA) is 42.2 Å². The molecule has 0 unspecified atom stereocenters. The lowest BCUT2D eigenvalue weighted by Gasteiger charge is -2.46. The summed E-state index contributed by atoms with van der Waals surface area (Å²) in [4.78, 5) is 0. The number of nitriles is 1. The molecule has 1 aliphatic heterocycles. The van der Waals surface area contributed by atoms with Gasteiger partial charge >= 0.3 is 0 Å².